The number of piperazine rings is 1. The lowest BCUT2D eigenvalue weighted by Gasteiger charge is -2.38. The van der Waals surface area contributed by atoms with Gasteiger partial charge in [-0.1, -0.05) is 0 Å². The quantitative estimate of drug-likeness (QED) is 0.235. The van der Waals surface area contributed by atoms with Crippen molar-refractivity contribution in [3.63, 3.8) is 0 Å². The highest BCUT2D eigenvalue weighted by atomic mass is 127. The van der Waals surface area contributed by atoms with E-state index in [1.807, 2.05) is 12.1 Å². The molecule has 1 aliphatic heterocycles. The number of ether oxygens (including phenoxy) is 2. The molecule has 1 saturated carbocycles. The van der Waals surface area contributed by atoms with Gasteiger partial charge in [-0.15, -0.1) is 24.0 Å². The van der Waals surface area contributed by atoms with Crippen LogP contribution in [0, 0.1) is 5.41 Å². The van der Waals surface area contributed by atoms with E-state index >= 15 is 0 Å². The third kappa shape index (κ3) is 6.91. The maximum absolute atomic E-state index is 5.56. The highest BCUT2D eigenvalue weighted by Crippen LogP contribution is 2.49. The van der Waals surface area contributed by atoms with Crippen LogP contribution in [0.15, 0.2) is 29.3 Å². The summed E-state index contributed by atoms with van der Waals surface area (Å²) in [6.07, 6.45) is 3.71. The molecule has 0 radical (unpaired) electrons. The van der Waals surface area contributed by atoms with Crippen molar-refractivity contribution in [3.8, 4) is 5.75 Å². The number of aliphatic imine (C=N–C) groups is 1. The molecule has 164 valence electrons. The van der Waals surface area contributed by atoms with Crippen molar-refractivity contribution in [2.24, 2.45) is 10.4 Å². The van der Waals surface area contributed by atoms with Crippen LogP contribution in [0.1, 0.15) is 33.1 Å². The molecular weight excluding hydrogens is 479 g/mol. The first-order valence-electron chi connectivity index (χ1n) is 10.7. The molecule has 1 aromatic carbocycles. The third-order valence-electron chi connectivity index (χ3n) is 5.85. The minimum Gasteiger partial charge on any atom is -0.497 e. The number of hydrogen-bond acceptors (Lipinski definition) is 4. The highest BCUT2D eigenvalue weighted by molar-refractivity contribution is 14.0. The largest absolute Gasteiger partial charge is 0.497 e. The monoisotopic (exact) mass is 516 g/mol. The van der Waals surface area contributed by atoms with Crippen molar-refractivity contribution in [3.05, 3.63) is 24.3 Å². The fraction of sp³-hybridized carbons (Fsp3) is 0.682. The summed E-state index contributed by atoms with van der Waals surface area (Å²) in [4.78, 5) is 9.85. The second kappa shape index (κ2) is 11.8. The summed E-state index contributed by atoms with van der Waals surface area (Å²) in [6, 6.07) is 8.35. The van der Waals surface area contributed by atoms with E-state index < -0.39 is 0 Å². The van der Waals surface area contributed by atoms with E-state index in [1.54, 1.807) is 7.11 Å². The molecule has 1 aliphatic carbocycles. The fourth-order valence-electron chi connectivity index (χ4n) is 3.73. The number of nitrogens with zero attached hydrogens (tertiary/aromatic N) is 3. The number of nitrogens with one attached hydrogen (secondary N) is 1. The SMILES string of the molecule is CCNC(=NCC1(CCOCC)CC1)N1CCN(c2ccc(OC)cc2)CC1.I. The van der Waals surface area contributed by atoms with Gasteiger partial charge in [0.2, 0.25) is 0 Å². The molecule has 2 aliphatic rings. The summed E-state index contributed by atoms with van der Waals surface area (Å²) in [5.41, 5.74) is 1.65. The summed E-state index contributed by atoms with van der Waals surface area (Å²) < 4.78 is 10.8. The standard InChI is InChI=1S/C22H36N4O2.HI/c1-4-23-21(24-18-22(10-11-22)12-17-28-5-2)26-15-13-25(14-16-26)19-6-8-20(27-3)9-7-19;/h6-9H,4-5,10-18H2,1-3H3,(H,23,24);1H. The summed E-state index contributed by atoms with van der Waals surface area (Å²) in [6.45, 7) is 11.7. The van der Waals surface area contributed by atoms with E-state index in [9.17, 15) is 0 Å². The summed E-state index contributed by atoms with van der Waals surface area (Å²) >= 11 is 0. The molecule has 6 nitrogen and oxygen atoms in total. The molecule has 0 amide bonds. The molecule has 1 aromatic rings. The zero-order chi connectivity index (χ0) is 19.8. The molecule has 1 heterocycles. The molecule has 0 bridgehead atoms. The van der Waals surface area contributed by atoms with Gasteiger partial charge in [-0.05, 0) is 62.8 Å². The molecule has 2 fully saturated rings. The number of halogens is 1. The van der Waals surface area contributed by atoms with Crippen LogP contribution in [0.4, 0.5) is 5.69 Å². The Bertz CT molecular complexity index is 626. The Balaban J connectivity index is 0.00000300. The molecule has 0 unspecified atom stereocenters. The van der Waals surface area contributed by atoms with E-state index in [-0.39, 0.29) is 24.0 Å². The average Bonchev–Trinajstić information content (AvgIpc) is 3.51. The first kappa shape index (κ1) is 24.1. The van der Waals surface area contributed by atoms with Crippen molar-refractivity contribution in [2.45, 2.75) is 33.1 Å². The van der Waals surface area contributed by atoms with E-state index in [4.69, 9.17) is 14.5 Å². The molecule has 7 heteroatoms. The van der Waals surface area contributed by atoms with Gasteiger partial charge in [-0.2, -0.15) is 0 Å². The van der Waals surface area contributed by atoms with Crippen LogP contribution in [0.3, 0.4) is 0 Å². The fourth-order valence-corrected chi connectivity index (χ4v) is 3.73. The Labute approximate surface area is 193 Å². The number of rotatable bonds is 9. The van der Waals surface area contributed by atoms with Gasteiger partial charge in [-0.25, -0.2) is 0 Å². The molecular formula is C22H37IN4O2. The molecule has 29 heavy (non-hydrogen) atoms. The number of anilines is 1. The maximum Gasteiger partial charge on any atom is 0.194 e. The van der Waals surface area contributed by atoms with Crippen molar-refractivity contribution >= 4 is 35.6 Å². The Morgan fingerprint density at radius 1 is 1.10 bits per heavy atom. The Morgan fingerprint density at radius 3 is 2.34 bits per heavy atom. The van der Waals surface area contributed by atoms with Gasteiger partial charge in [0.25, 0.3) is 0 Å². The van der Waals surface area contributed by atoms with Gasteiger partial charge in [0.1, 0.15) is 5.75 Å². The van der Waals surface area contributed by atoms with Crippen molar-refractivity contribution in [1.82, 2.24) is 10.2 Å². The predicted octanol–water partition coefficient (Wildman–Crippen LogP) is 3.61. The number of hydrogen-bond donors (Lipinski definition) is 1. The predicted molar refractivity (Wildman–Crippen MR) is 131 cm³/mol. The van der Waals surface area contributed by atoms with Crippen molar-refractivity contribution in [1.29, 1.82) is 0 Å². The maximum atomic E-state index is 5.56. The highest BCUT2D eigenvalue weighted by Gasteiger charge is 2.42. The molecule has 1 N–H and O–H groups in total. The van der Waals surface area contributed by atoms with E-state index in [1.165, 1.54) is 18.5 Å². The molecule has 0 aromatic heterocycles. The number of guanidine groups is 1. The lowest BCUT2D eigenvalue weighted by atomic mass is 10.0. The van der Waals surface area contributed by atoms with Gasteiger partial charge >= 0.3 is 0 Å². The normalized spacial score (nSPS) is 18.2. The number of benzene rings is 1. The summed E-state index contributed by atoms with van der Waals surface area (Å²) in [5, 5.41) is 3.50. The van der Waals surface area contributed by atoms with Crippen LogP contribution in [-0.2, 0) is 4.74 Å². The summed E-state index contributed by atoms with van der Waals surface area (Å²) in [5.74, 6) is 1.97. The molecule has 3 rings (SSSR count). The van der Waals surface area contributed by atoms with Gasteiger partial charge in [0.05, 0.1) is 7.11 Å². The summed E-state index contributed by atoms with van der Waals surface area (Å²) in [7, 11) is 1.71. The lowest BCUT2D eigenvalue weighted by molar-refractivity contribution is 0.129. The van der Waals surface area contributed by atoms with Crippen molar-refractivity contribution in [2.75, 3.05) is 64.5 Å². The first-order valence-corrected chi connectivity index (χ1v) is 10.7. The molecule has 0 atom stereocenters. The zero-order valence-electron chi connectivity index (χ0n) is 18.2. The van der Waals surface area contributed by atoms with Gasteiger partial charge in [0.15, 0.2) is 5.96 Å². The van der Waals surface area contributed by atoms with Gasteiger partial charge < -0.3 is 24.6 Å². The van der Waals surface area contributed by atoms with Crippen LogP contribution >= 0.6 is 24.0 Å². The first-order chi connectivity index (χ1) is 13.7. The minimum absolute atomic E-state index is 0. The minimum atomic E-state index is 0. The smallest absolute Gasteiger partial charge is 0.194 e. The van der Waals surface area contributed by atoms with Crippen LogP contribution in [0.2, 0.25) is 0 Å². The van der Waals surface area contributed by atoms with Crippen LogP contribution in [-0.4, -0.2) is 70.5 Å². The van der Waals surface area contributed by atoms with Gasteiger partial charge in [0, 0.05) is 58.2 Å². The van der Waals surface area contributed by atoms with Crippen LogP contribution < -0.4 is 15.0 Å². The lowest BCUT2D eigenvalue weighted by Crippen LogP contribution is -2.52. The van der Waals surface area contributed by atoms with E-state index in [0.29, 0.717) is 5.41 Å². The third-order valence-corrected chi connectivity index (χ3v) is 5.85. The van der Waals surface area contributed by atoms with Gasteiger partial charge in [-0.3, -0.25) is 4.99 Å². The zero-order valence-corrected chi connectivity index (χ0v) is 20.5. The molecule has 0 spiro atoms. The van der Waals surface area contributed by atoms with E-state index in [2.05, 4.69) is 41.1 Å². The Hall–Kier alpha value is -1.22. The topological polar surface area (TPSA) is 49.3 Å². The van der Waals surface area contributed by atoms with Crippen LogP contribution in [0.25, 0.3) is 0 Å². The average molecular weight is 516 g/mol. The van der Waals surface area contributed by atoms with Crippen LogP contribution in [0.5, 0.6) is 5.75 Å². The van der Waals surface area contributed by atoms with Crippen molar-refractivity contribution < 1.29 is 9.47 Å². The number of methoxy groups -OCH3 is 1. The Morgan fingerprint density at radius 2 is 1.79 bits per heavy atom. The molecule has 1 saturated heterocycles. The second-order valence-electron chi connectivity index (χ2n) is 7.79. The Kier molecular flexibility index (Phi) is 9.82. The van der Waals surface area contributed by atoms with E-state index in [0.717, 1.165) is 70.6 Å². The second-order valence-corrected chi connectivity index (χ2v) is 7.79.